The van der Waals surface area contributed by atoms with Crippen molar-refractivity contribution in [3.8, 4) is 0 Å². The predicted molar refractivity (Wildman–Crippen MR) is 52.8 cm³/mol. The molecule has 0 saturated heterocycles. The van der Waals surface area contributed by atoms with Crippen LogP contribution in [-0.2, 0) is 0 Å². The molecule has 2 amide bonds. The van der Waals surface area contributed by atoms with Gasteiger partial charge in [-0.05, 0) is 13.0 Å². The van der Waals surface area contributed by atoms with Gasteiger partial charge in [-0.1, -0.05) is 0 Å². The van der Waals surface area contributed by atoms with Crippen molar-refractivity contribution in [2.45, 2.75) is 6.92 Å². The van der Waals surface area contributed by atoms with Gasteiger partial charge in [0.05, 0.1) is 0 Å². The normalized spacial score (nSPS) is 9.50. The Morgan fingerprint density at radius 3 is 3.00 bits per heavy atom. The molecule has 76 valence electrons. The van der Waals surface area contributed by atoms with E-state index in [-0.39, 0.29) is 0 Å². The summed E-state index contributed by atoms with van der Waals surface area (Å²) in [5.41, 5.74) is 5.78. The second-order valence-electron chi connectivity index (χ2n) is 2.74. The molecule has 0 aliphatic heterocycles. The topological polar surface area (TPSA) is 92.9 Å². The molecule has 0 atom stereocenters. The third kappa shape index (κ3) is 3.70. The maximum Gasteiger partial charge on any atom is 0.312 e. The molecule has 1 aromatic rings. The molecular weight excluding hydrogens is 182 g/mol. The number of primary amides is 1. The lowest BCUT2D eigenvalue weighted by Gasteiger charge is -2.04. The fourth-order valence-corrected chi connectivity index (χ4v) is 0.894. The van der Waals surface area contributed by atoms with Crippen molar-refractivity contribution in [2.75, 3.05) is 18.4 Å². The molecule has 0 bridgehead atoms. The minimum atomic E-state index is -0.531. The molecule has 6 heteroatoms. The summed E-state index contributed by atoms with van der Waals surface area (Å²) in [6.07, 6.45) is 1.67. The van der Waals surface area contributed by atoms with Gasteiger partial charge in [-0.25, -0.2) is 14.8 Å². The van der Waals surface area contributed by atoms with E-state index >= 15 is 0 Å². The molecule has 0 fully saturated rings. The summed E-state index contributed by atoms with van der Waals surface area (Å²) in [5.74, 6) is 0.552. The van der Waals surface area contributed by atoms with Crippen LogP contribution in [0, 0.1) is 6.92 Å². The van der Waals surface area contributed by atoms with Gasteiger partial charge in [0.1, 0.15) is 0 Å². The maximum absolute atomic E-state index is 10.3. The lowest BCUT2D eigenvalue weighted by molar-refractivity contribution is 0.249. The van der Waals surface area contributed by atoms with E-state index in [0.29, 0.717) is 19.0 Å². The molecule has 0 spiro atoms. The molecule has 4 N–H and O–H groups in total. The fraction of sp³-hybridized carbons (Fsp3) is 0.375. The molecule has 0 unspecified atom stereocenters. The van der Waals surface area contributed by atoms with Gasteiger partial charge in [0.15, 0.2) is 0 Å². The Morgan fingerprint density at radius 2 is 2.36 bits per heavy atom. The van der Waals surface area contributed by atoms with Gasteiger partial charge in [0, 0.05) is 25.0 Å². The zero-order valence-corrected chi connectivity index (χ0v) is 7.95. The van der Waals surface area contributed by atoms with Crippen LogP contribution in [0.4, 0.5) is 10.7 Å². The van der Waals surface area contributed by atoms with Crippen molar-refractivity contribution in [1.82, 2.24) is 15.3 Å². The number of nitrogens with two attached hydrogens (primary N) is 1. The van der Waals surface area contributed by atoms with E-state index in [1.807, 2.05) is 13.0 Å². The highest BCUT2D eigenvalue weighted by Crippen LogP contribution is 1.97. The zero-order chi connectivity index (χ0) is 10.4. The molecule has 1 rings (SSSR count). The van der Waals surface area contributed by atoms with Crippen molar-refractivity contribution in [3.63, 3.8) is 0 Å². The van der Waals surface area contributed by atoms with Crippen LogP contribution in [0.1, 0.15) is 5.69 Å². The third-order valence-electron chi connectivity index (χ3n) is 1.50. The van der Waals surface area contributed by atoms with Crippen LogP contribution in [0.15, 0.2) is 12.3 Å². The highest BCUT2D eigenvalue weighted by Gasteiger charge is 1.95. The lowest BCUT2D eigenvalue weighted by atomic mass is 10.5. The number of rotatable bonds is 4. The molecule has 6 nitrogen and oxygen atoms in total. The van der Waals surface area contributed by atoms with Gasteiger partial charge < -0.3 is 16.4 Å². The minimum absolute atomic E-state index is 0.451. The molecule has 1 heterocycles. The molecule has 0 aromatic carbocycles. The predicted octanol–water partition coefficient (Wildman–Crippen LogP) is -0.135. The Hall–Kier alpha value is -1.85. The molecule has 0 aliphatic rings. The monoisotopic (exact) mass is 195 g/mol. The molecule has 0 saturated carbocycles. The maximum atomic E-state index is 10.3. The van der Waals surface area contributed by atoms with Crippen LogP contribution >= 0.6 is 0 Å². The second kappa shape index (κ2) is 5.00. The van der Waals surface area contributed by atoms with E-state index in [1.165, 1.54) is 0 Å². The Balaban J connectivity index is 2.28. The lowest BCUT2D eigenvalue weighted by Crippen LogP contribution is -2.33. The van der Waals surface area contributed by atoms with Crippen LogP contribution in [-0.4, -0.2) is 29.1 Å². The number of hydrogen-bond donors (Lipinski definition) is 3. The molecule has 0 aliphatic carbocycles. The smallest absolute Gasteiger partial charge is 0.312 e. The van der Waals surface area contributed by atoms with Gasteiger partial charge in [0.2, 0.25) is 5.95 Å². The van der Waals surface area contributed by atoms with Crippen molar-refractivity contribution in [1.29, 1.82) is 0 Å². The van der Waals surface area contributed by atoms with Gasteiger partial charge in [-0.3, -0.25) is 0 Å². The van der Waals surface area contributed by atoms with Crippen LogP contribution in [0.25, 0.3) is 0 Å². The summed E-state index contributed by atoms with van der Waals surface area (Å²) in [4.78, 5) is 18.4. The number of amides is 2. The quantitative estimate of drug-likeness (QED) is 0.583. The molecule has 0 radical (unpaired) electrons. The Bertz CT molecular complexity index is 314. The van der Waals surface area contributed by atoms with Crippen molar-refractivity contribution in [3.05, 3.63) is 18.0 Å². The molecule has 14 heavy (non-hydrogen) atoms. The first-order valence-corrected chi connectivity index (χ1v) is 4.25. The van der Waals surface area contributed by atoms with Crippen LogP contribution in [0.3, 0.4) is 0 Å². The van der Waals surface area contributed by atoms with E-state index < -0.39 is 6.03 Å². The largest absolute Gasteiger partial charge is 0.352 e. The number of hydrogen-bond acceptors (Lipinski definition) is 4. The molecule has 1 aromatic heterocycles. The first-order valence-electron chi connectivity index (χ1n) is 4.25. The van der Waals surface area contributed by atoms with Gasteiger partial charge in [0.25, 0.3) is 0 Å². The first-order chi connectivity index (χ1) is 6.68. The number of carbonyl (C=O) groups is 1. The fourth-order valence-electron chi connectivity index (χ4n) is 0.894. The van der Waals surface area contributed by atoms with Crippen LogP contribution < -0.4 is 16.4 Å². The standard InChI is InChI=1S/C8H13N5O/c1-6-2-3-11-8(13-6)12-5-4-10-7(9)14/h2-3H,4-5H2,1H3,(H3,9,10,14)(H,11,12,13). The Kier molecular flexibility index (Phi) is 3.66. The van der Waals surface area contributed by atoms with E-state index in [9.17, 15) is 4.79 Å². The number of urea groups is 1. The van der Waals surface area contributed by atoms with Crippen molar-refractivity contribution in [2.24, 2.45) is 5.73 Å². The summed E-state index contributed by atoms with van der Waals surface area (Å²) in [5, 5.41) is 5.40. The molecular formula is C8H13N5O. The summed E-state index contributed by atoms with van der Waals surface area (Å²) in [6, 6.07) is 1.28. The summed E-state index contributed by atoms with van der Waals surface area (Å²) < 4.78 is 0. The first kappa shape index (κ1) is 10.2. The third-order valence-corrected chi connectivity index (χ3v) is 1.50. The van der Waals surface area contributed by atoms with Crippen LogP contribution in [0.2, 0.25) is 0 Å². The van der Waals surface area contributed by atoms with E-state index in [4.69, 9.17) is 5.73 Å². The minimum Gasteiger partial charge on any atom is -0.352 e. The van der Waals surface area contributed by atoms with Crippen molar-refractivity contribution < 1.29 is 4.79 Å². The average Bonchev–Trinajstić information content (AvgIpc) is 2.12. The van der Waals surface area contributed by atoms with E-state index in [1.54, 1.807) is 6.20 Å². The average molecular weight is 195 g/mol. The number of aromatic nitrogens is 2. The summed E-state index contributed by atoms with van der Waals surface area (Å²) >= 11 is 0. The van der Waals surface area contributed by atoms with Gasteiger partial charge in [-0.15, -0.1) is 0 Å². The van der Waals surface area contributed by atoms with Crippen LogP contribution in [0.5, 0.6) is 0 Å². The highest BCUT2D eigenvalue weighted by molar-refractivity contribution is 5.71. The number of nitrogens with one attached hydrogen (secondary N) is 2. The summed E-state index contributed by atoms with van der Waals surface area (Å²) in [7, 11) is 0. The van der Waals surface area contributed by atoms with Crippen molar-refractivity contribution >= 4 is 12.0 Å². The SMILES string of the molecule is Cc1ccnc(NCCNC(N)=O)n1. The Morgan fingerprint density at radius 1 is 1.57 bits per heavy atom. The summed E-state index contributed by atoms with van der Waals surface area (Å²) in [6.45, 7) is 2.88. The van der Waals surface area contributed by atoms with Gasteiger partial charge >= 0.3 is 6.03 Å². The van der Waals surface area contributed by atoms with E-state index in [2.05, 4.69) is 20.6 Å². The second-order valence-corrected chi connectivity index (χ2v) is 2.74. The highest BCUT2D eigenvalue weighted by atomic mass is 16.2. The number of nitrogens with zero attached hydrogens (tertiary/aromatic N) is 2. The zero-order valence-electron chi connectivity index (χ0n) is 7.95. The Labute approximate surface area is 81.9 Å². The number of anilines is 1. The number of aryl methyl sites for hydroxylation is 1. The van der Waals surface area contributed by atoms with E-state index in [0.717, 1.165) is 5.69 Å². The van der Waals surface area contributed by atoms with Gasteiger partial charge in [-0.2, -0.15) is 0 Å². The number of carbonyl (C=O) groups excluding carboxylic acids is 1.